The molecule has 1 atom stereocenters. The highest BCUT2D eigenvalue weighted by Gasteiger charge is 2.42. The average Bonchev–Trinajstić information content (AvgIpc) is 3.03. The minimum atomic E-state index is -0.726. The number of amides is 3. The number of thioether (sulfide) groups is 1. The molecule has 2 N–H and O–H groups in total. The standard InChI is InChI=1S/C22H24N2O6S/c1-4-30-18-10-13(8-9-17(18)29-2)16(12-31-3)24-21(27)14-6-5-7-15(20(14)22(24)28)23-19(26)11-25/h5-10,16,25H,4,11-12H2,1-3H3,(H,23,26). The molecule has 2 aromatic rings. The van der Waals surface area contributed by atoms with Crippen molar-refractivity contribution in [3.63, 3.8) is 0 Å². The molecule has 3 amide bonds. The molecule has 1 aliphatic heterocycles. The first kappa shape index (κ1) is 22.6. The summed E-state index contributed by atoms with van der Waals surface area (Å²) in [5.41, 5.74) is 1.27. The summed E-state index contributed by atoms with van der Waals surface area (Å²) in [6.45, 7) is 1.57. The van der Waals surface area contributed by atoms with Gasteiger partial charge in [-0.1, -0.05) is 12.1 Å². The molecule has 0 spiro atoms. The molecule has 8 nitrogen and oxygen atoms in total. The molecule has 1 heterocycles. The van der Waals surface area contributed by atoms with E-state index in [0.29, 0.717) is 23.9 Å². The van der Waals surface area contributed by atoms with Crippen LogP contribution in [0.5, 0.6) is 11.5 Å². The predicted molar refractivity (Wildman–Crippen MR) is 118 cm³/mol. The Morgan fingerprint density at radius 1 is 1.19 bits per heavy atom. The Hall–Kier alpha value is -3.04. The van der Waals surface area contributed by atoms with Crippen molar-refractivity contribution in [1.82, 2.24) is 4.90 Å². The summed E-state index contributed by atoms with van der Waals surface area (Å²) in [6, 6.07) is 9.46. The molecule has 2 aromatic carbocycles. The van der Waals surface area contributed by atoms with E-state index in [2.05, 4.69) is 5.32 Å². The lowest BCUT2D eigenvalue weighted by Crippen LogP contribution is -2.35. The van der Waals surface area contributed by atoms with Crippen LogP contribution in [0.2, 0.25) is 0 Å². The first-order valence-corrected chi connectivity index (χ1v) is 11.1. The van der Waals surface area contributed by atoms with Gasteiger partial charge in [-0.15, -0.1) is 0 Å². The molecule has 1 unspecified atom stereocenters. The monoisotopic (exact) mass is 444 g/mol. The molecule has 31 heavy (non-hydrogen) atoms. The van der Waals surface area contributed by atoms with Crippen molar-refractivity contribution in [2.75, 3.05) is 37.6 Å². The zero-order chi connectivity index (χ0) is 22.5. The van der Waals surface area contributed by atoms with Crippen molar-refractivity contribution >= 4 is 35.2 Å². The van der Waals surface area contributed by atoms with Gasteiger partial charge in [0.05, 0.1) is 36.6 Å². The van der Waals surface area contributed by atoms with Crippen LogP contribution >= 0.6 is 11.8 Å². The van der Waals surface area contributed by atoms with E-state index >= 15 is 0 Å². The van der Waals surface area contributed by atoms with Gasteiger partial charge in [0.25, 0.3) is 11.8 Å². The summed E-state index contributed by atoms with van der Waals surface area (Å²) >= 11 is 1.50. The number of benzene rings is 2. The fourth-order valence-electron chi connectivity index (χ4n) is 3.53. The maximum absolute atomic E-state index is 13.3. The molecule has 164 valence electrons. The quantitative estimate of drug-likeness (QED) is 0.573. The third-order valence-corrected chi connectivity index (χ3v) is 5.52. The van der Waals surface area contributed by atoms with Crippen LogP contribution in [-0.4, -0.2) is 60.1 Å². The highest BCUT2D eigenvalue weighted by molar-refractivity contribution is 7.98. The van der Waals surface area contributed by atoms with Gasteiger partial charge in [-0.2, -0.15) is 11.8 Å². The zero-order valence-electron chi connectivity index (χ0n) is 17.5. The van der Waals surface area contributed by atoms with Gasteiger partial charge >= 0.3 is 0 Å². The molecule has 0 bridgehead atoms. The summed E-state index contributed by atoms with van der Waals surface area (Å²) in [6.07, 6.45) is 1.89. The van der Waals surface area contributed by atoms with E-state index < -0.39 is 30.4 Å². The highest BCUT2D eigenvalue weighted by atomic mass is 32.2. The van der Waals surface area contributed by atoms with E-state index in [4.69, 9.17) is 14.6 Å². The molecule has 1 aliphatic rings. The molecule has 0 saturated carbocycles. The van der Waals surface area contributed by atoms with Crippen LogP contribution in [0.1, 0.15) is 39.2 Å². The lowest BCUT2D eigenvalue weighted by atomic mass is 10.1. The smallest absolute Gasteiger partial charge is 0.264 e. The third-order valence-electron chi connectivity index (χ3n) is 4.87. The Balaban J connectivity index is 2.04. The van der Waals surface area contributed by atoms with E-state index in [-0.39, 0.29) is 16.8 Å². The van der Waals surface area contributed by atoms with Gasteiger partial charge in [0.1, 0.15) is 6.61 Å². The number of anilines is 1. The van der Waals surface area contributed by atoms with Crippen LogP contribution in [-0.2, 0) is 4.79 Å². The number of hydrogen-bond donors (Lipinski definition) is 2. The number of aliphatic hydroxyl groups excluding tert-OH is 1. The number of nitrogens with zero attached hydrogens (tertiary/aromatic N) is 1. The predicted octanol–water partition coefficient (Wildman–Crippen LogP) is 2.73. The molecule has 0 aliphatic carbocycles. The largest absolute Gasteiger partial charge is 0.493 e. The van der Waals surface area contributed by atoms with Crippen LogP contribution < -0.4 is 14.8 Å². The van der Waals surface area contributed by atoms with Crippen LogP contribution in [0.15, 0.2) is 36.4 Å². The van der Waals surface area contributed by atoms with Crippen LogP contribution in [0.4, 0.5) is 5.69 Å². The number of ether oxygens (including phenoxy) is 2. The van der Waals surface area contributed by atoms with Gasteiger partial charge in [0.15, 0.2) is 11.5 Å². The highest BCUT2D eigenvalue weighted by Crippen LogP contribution is 2.38. The number of nitrogens with one attached hydrogen (secondary N) is 1. The van der Waals surface area contributed by atoms with Gasteiger partial charge in [-0.25, -0.2) is 0 Å². The van der Waals surface area contributed by atoms with E-state index in [1.54, 1.807) is 37.4 Å². The summed E-state index contributed by atoms with van der Waals surface area (Å²) in [4.78, 5) is 39.4. The van der Waals surface area contributed by atoms with E-state index in [0.717, 1.165) is 5.56 Å². The molecular formula is C22H24N2O6S. The molecule has 0 aromatic heterocycles. The van der Waals surface area contributed by atoms with Crippen molar-refractivity contribution in [3.8, 4) is 11.5 Å². The molecule has 0 radical (unpaired) electrons. The average molecular weight is 445 g/mol. The third kappa shape index (κ3) is 4.38. The van der Waals surface area contributed by atoms with E-state index in [1.165, 1.54) is 22.7 Å². The van der Waals surface area contributed by atoms with Gasteiger partial charge < -0.3 is 19.9 Å². The molecular weight excluding hydrogens is 420 g/mol. The minimum absolute atomic E-state index is 0.124. The lowest BCUT2D eigenvalue weighted by molar-refractivity contribution is -0.118. The number of hydrogen-bond acceptors (Lipinski definition) is 7. The maximum Gasteiger partial charge on any atom is 0.264 e. The summed E-state index contributed by atoms with van der Waals surface area (Å²) in [5, 5.41) is 11.5. The number of rotatable bonds is 9. The van der Waals surface area contributed by atoms with Crippen molar-refractivity contribution in [2.24, 2.45) is 0 Å². The normalized spacial score (nSPS) is 13.7. The topological polar surface area (TPSA) is 105 Å². The van der Waals surface area contributed by atoms with Gasteiger partial charge in [-0.3, -0.25) is 19.3 Å². The molecule has 0 saturated heterocycles. The van der Waals surface area contributed by atoms with Crippen molar-refractivity contribution < 1.29 is 29.0 Å². The van der Waals surface area contributed by atoms with E-state index in [1.807, 2.05) is 13.2 Å². The van der Waals surface area contributed by atoms with Gasteiger partial charge in [-0.05, 0) is 43.0 Å². The number of aliphatic hydroxyl groups is 1. The maximum atomic E-state index is 13.3. The lowest BCUT2D eigenvalue weighted by Gasteiger charge is -2.27. The molecule has 9 heteroatoms. The second-order valence-corrected chi connectivity index (χ2v) is 7.64. The summed E-state index contributed by atoms with van der Waals surface area (Å²) in [7, 11) is 1.54. The van der Waals surface area contributed by atoms with Crippen molar-refractivity contribution in [3.05, 3.63) is 53.1 Å². The van der Waals surface area contributed by atoms with Gasteiger partial charge in [0.2, 0.25) is 5.91 Å². The van der Waals surface area contributed by atoms with Crippen LogP contribution in [0, 0.1) is 0 Å². The fraction of sp³-hybridized carbons (Fsp3) is 0.318. The second kappa shape index (κ2) is 9.84. The molecule has 0 fully saturated rings. The Kier molecular flexibility index (Phi) is 7.19. The van der Waals surface area contributed by atoms with Gasteiger partial charge in [0, 0.05) is 5.75 Å². The first-order valence-electron chi connectivity index (χ1n) is 9.68. The number of fused-ring (bicyclic) bond motifs is 1. The number of carbonyl (C=O) groups excluding carboxylic acids is 3. The minimum Gasteiger partial charge on any atom is -0.493 e. The Morgan fingerprint density at radius 3 is 2.61 bits per heavy atom. The second-order valence-electron chi connectivity index (χ2n) is 6.73. The Bertz CT molecular complexity index is 1010. The Morgan fingerprint density at radius 2 is 1.97 bits per heavy atom. The Labute approximate surface area is 184 Å². The van der Waals surface area contributed by atoms with Crippen molar-refractivity contribution in [2.45, 2.75) is 13.0 Å². The van der Waals surface area contributed by atoms with Crippen LogP contribution in [0.25, 0.3) is 0 Å². The van der Waals surface area contributed by atoms with Crippen molar-refractivity contribution in [1.29, 1.82) is 0 Å². The number of carbonyl (C=O) groups is 3. The summed E-state index contributed by atoms with van der Waals surface area (Å²) in [5.74, 6) is -0.0355. The molecule has 3 rings (SSSR count). The zero-order valence-corrected chi connectivity index (χ0v) is 18.3. The van der Waals surface area contributed by atoms with E-state index in [9.17, 15) is 14.4 Å². The summed E-state index contributed by atoms with van der Waals surface area (Å²) < 4.78 is 11.0. The van der Waals surface area contributed by atoms with Crippen LogP contribution in [0.3, 0.4) is 0 Å². The number of methoxy groups -OCH3 is 1. The first-order chi connectivity index (χ1) is 15.0. The fourth-order valence-corrected chi connectivity index (χ4v) is 4.18. The SMILES string of the molecule is CCOc1cc(C(CSC)N2C(=O)c3cccc(NC(=O)CO)c3C2=O)ccc1OC. The number of imide groups is 1.